The minimum atomic E-state index is -0.231. The Morgan fingerprint density at radius 2 is 1.62 bits per heavy atom. The first-order valence-electron chi connectivity index (χ1n) is 12.7. The van der Waals surface area contributed by atoms with Gasteiger partial charge in [-0.15, -0.1) is 0 Å². The number of anilines is 2. The number of hydrogen-bond donors (Lipinski definition) is 2. The van der Waals surface area contributed by atoms with E-state index in [4.69, 9.17) is 4.74 Å². The van der Waals surface area contributed by atoms with Crippen molar-refractivity contribution in [3.63, 3.8) is 0 Å². The fourth-order valence-corrected chi connectivity index (χ4v) is 5.33. The molecule has 2 N–H and O–H groups in total. The van der Waals surface area contributed by atoms with Crippen LogP contribution in [0.15, 0.2) is 71.2 Å². The number of halogens is 1. The van der Waals surface area contributed by atoms with Crippen molar-refractivity contribution >= 4 is 39.1 Å². The molecule has 1 fully saturated rings. The Morgan fingerprint density at radius 3 is 2.43 bits per heavy atom. The van der Waals surface area contributed by atoms with Gasteiger partial charge in [0.25, 0.3) is 11.8 Å². The van der Waals surface area contributed by atoms with Crippen molar-refractivity contribution in [2.24, 2.45) is 0 Å². The van der Waals surface area contributed by atoms with Crippen molar-refractivity contribution in [2.45, 2.75) is 13.0 Å². The van der Waals surface area contributed by atoms with E-state index in [1.165, 1.54) is 11.1 Å². The summed E-state index contributed by atoms with van der Waals surface area (Å²) in [6.45, 7) is 6.12. The number of fused-ring (bicyclic) bond motifs is 1. The van der Waals surface area contributed by atoms with Gasteiger partial charge in [0, 0.05) is 55.1 Å². The van der Waals surface area contributed by atoms with Crippen LogP contribution in [0.1, 0.15) is 31.8 Å². The van der Waals surface area contributed by atoms with Crippen LogP contribution in [0.2, 0.25) is 0 Å². The van der Waals surface area contributed by atoms with Crippen molar-refractivity contribution < 1.29 is 14.3 Å². The highest BCUT2D eigenvalue weighted by Crippen LogP contribution is 2.30. The van der Waals surface area contributed by atoms with Crippen LogP contribution in [0.5, 0.6) is 0 Å². The molecule has 2 amide bonds. The lowest BCUT2D eigenvalue weighted by molar-refractivity contribution is 0.0383. The number of morpholine rings is 1. The van der Waals surface area contributed by atoms with Crippen molar-refractivity contribution in [1.29, 1.82) is 0 Å². The van der Waals surface area contributed by atoms with Crippen molar-refractivity contribution in [3.8, 4) is 0 Å². The lowest BCUT2D eigenvalue weighted by Crippen LogP contribution is -2.41. The van der Waals surface area contributed by atoms with Crippen LogP contribution < -0.4 is 15.5 Å². The van der Waals surface area contributed by atoms with Crippen molar-refractivity contribution in [2.75, 3.05) is 56.2 Å². The van der Waals surface area contributed by atoms with E-state index in [0.29, 0.717) is 23.4 Å². The average molecular weight is 563 g/mol. The maximum Gasteiger partial charge on any atom is 0.256 e. The largest absolute Gasteiger partial charge is 0.379 e. The lowest BCUT2D eigenvalue weighted by atomic mass is 9.98. The van der Waals surface area contributed by atoms with Crippen molar-refractivity contribution in [1.82, 2.24) is 10.2 Å². The van der Waals surface area contributed by atoms with Gasteiger partial charge < -0.3 is 20.3 Å². The molecule has 0 radical (unpaired) electrons. The Bertz CT molecular complexity index is 1280. The molecule has 8 heteroatoms. The first kappa shape index (κ1) is 25.4. The molecule has 2 heterocycles. The van der Waals surface area contributed by atoms with E-state index >= 15 is 0 Å². The van der Waals surface area contributed by atoms with Gasteiger partial charge in [0.2, 0.25) is 0 Å². The minimum Gasteiger partial charge on any atom is -0.379 e. The molecule has 0 aromatic heterocycles. The molecule has 3 aromatic carbocycles. The first-order chi connectivity index (χ1) is 18.1. The summed E-state index contributed by atoms with van der Waals surface area (Å²) in [6, 6.07) is 21.3. The summed E-state index contributed by atoms with van der Waals surface area (Å²) in [5, 5.41) is 6.06. The minimum absolute atomic E-state index is 0.140. The summed E-state index contributed by atoms with van der Waals surface area (Å²) in [6.07, 6.45) is 0.925. The molecule has 0 atom stereocenters. The first-order valence-corrected chi connectivity index (χ1v) is 13.5. The molecule has 0 saturated carbocycles. The van der Waals surface area contributed by atoms with Gasteiger partial charge in [0.1, 0.15) is 0 Å². The molecule has 7 nitrogen and oxygen atoms in total. The Morgan fingerprint density at radius 1 is 0.865 bits per heavy atom. The monoisotopic (exact) mass is 562 g/mol. The predicted molar refractivity (Wildman–Crippen MR) is 149 cm³/mol. The third-order valence-electron chi connectivity index (χ3n) is 6.91. The number of benzene rings is 3. The zero-order chi connectivity index (χ0) is 25.6. The third kappa shape index (κ3) is 6.21. The standard InChI is InChI=1S/C29H31BrN4O3/c30-26-8-4-3-7-24(26)29(36)32-23-9-10-27(34-13-11-21-5-1-2-6-22(21)20-34)25(19-23)28(35)31-12-14-33-15-17-37-18-16-33/h1-10,19H,11-18,20H2,(H,31,35)(H,32,36). The molecule has 0 spiro atoms. The number of rotatable bonds is 7. The molecule has 0 aliphatic carbocycles. The second kappa shape index (κ2) is 11.9. The second-order valence-electron chi connectivity index (χ2n) is 9.32. The zero-order valence-corrected chi connectivity index (χ0v) is 22.3. The Balaban J connectivity index is 1.36. The van der Waals surface area contributed by atoms with Crippen LogP contribution in [0.4, 0.5) is 11.4 Å². The Labute approximate surface area is 225 Å². The zero-order valence-electron chi connectivity index (χ0n) is 20.7. The highest BCUT2D eigenvalue weighted by Gasteiger charge is 2.22. The van der Waals surface area contributed by atoms with Gasteiger partial charge in [0.05, 0.1) is 24.3 Å². The number of nitrogens with zero attached hydrogens (tertiary/aromatic N) is 2. The highest BCUT2D eigenvalue weighted by atomic mass is 79.9. The van der Waals surface area contributed by atoms with Gasteiger partial charge in [-0.25, -0.2) is 0 Å². The number of hydrogen-bond acceptors (Lipinski definition) is 5. The summed E-state index contributed by atoms with van der Waals surface area (Å²) in [7, 11) is 0. The maximum absolute atomic E-state index is 13.5. The summed E-state index contributed by atoms with van der Waals surface area (Å²) in [4.78, 5) is 30.9. The molecule has 1 saturated heterocycles. The van der Waals surface area contributed by atoms with Gasteiger partial charge >= 0.3 is 0 Å². The summed E-state index contributed by atoms with van der Waals surface area (Å²) < 4.78 is 6.14. The number of carbonyl (C=O) groups excluding carboxylic acids is 2. The molecular weight excluding hydrogens is 532 g/mol. The smallest absolute Gasteiger partial charge is 0.256 e. The molecule has 37 heavy (non-hydrogen) atoms. The molecule has 0 unspecified atom stereocenters. The van der Waals surface area contributed by atoms with E-state index in [0.717, 1.165) is 62.5 Å². The third-order valence-corrected chi connectivity index (χ3v) is 7.60. The predicted octanol–water partition coefficient (Wildman–Crippen LogP) is 4.33. The molecule has 2 aliphatic heterocycles. The van der Waals surface area contributed by atoms with E-state index in [1.807, 2.05) is 30.3 Å². The topological polar surface area (TPSA) is 73.9 Å². The lowest BCUT2D eigenvalue weighted by Gasteiger charge is -2.32. The number of carbonyl (C=O) groups is 2. The summed E-state index contributed by atoms with van der Waals surface area (Å²) in [5.74, 6) is -0.370. The number of nitrogens with one attached hydrogen (secondary N) is 2. The van der Waals surface area contributed by atoms with E-state index in [1.54, 1.807) is 12.1 Å². The van der Waals surface area contributed by atoms with E-state index in [9.17, 15) is 9.59 Å². The second-order valence-corrected chi connectivity index (χ2v) is 10.2. The normalized spacial score (nSPS) is 15.6. The molecule has 0 bridgehead atoms. The van der Waals surface area contributed by atoms with Gasteiger partial charge in [0.15, 0.2) is 0 Å². The van der Waals surface area contributed by atoms with Crippen LogP contribution in [-0.4, -0.2) is 62.7 Å². The molecule has 192 valence electrons. The molecule has 2 aliphatic rings. The van der Waals surface area contributed by atoms with E-state index in [-0.39, 0.29) is 11.8 Å². The Kier molecular flexibility index (Phi) is 8.18. The molecule has 3 aromatic rings. The van der Waals surface area contributed by atoms with Crippen LogP contribution in [0.3, 0.4) is 0 Å². The summed E-state index contributed by atoms with van der Waals surface area (Å²) >= 11 is 3.44. The molecular formula is C29H31BrN4O3. The molecule has 5 rings (SSSR count). The van der Waals surface area contributed by atoms with Gasteiger partial charge in [-0.3, -0.25) is 14.5 Å². The van der Waals surface area contributed by atoms with Gasteiger partial charge in [-0.1, -0.05) is 36.4 Å². The highest BCUT2D eigenvalue weighted by molar-refractivity contribution is 9.10. The quantitative estimate of drug-likeness (QED) is 0.448. The van der Waals surface area contributed by atoms with Crippen LogP contribution in [0.25, 0.3) is 0 Å². The fraction of sp³-hybridized carbons (Fsp3) is 0.310. The van der Waals surface area contributed by atoms with Crippen molar-refractivity contribution in [3.05, 3.63) is 93.5 Å². The fourth-order valence-electron chi connectivity index (χ4n) is 4.86. The van der Waals surface area contributed by atoms with Gasteiger partial charge in [-0.05, 0) is 63.8 Å². The SMILES string of the molecule is O=C(Nc1ccc(N2CCc3ccccc3C2)c(C(=O)NCCN2CCOCC2)c1)c1ccccc1Br. The Hall–Kier alpha value is -3.20. The van der Waals surface area contributed by atoms with E-state index in [2.05, 4.69) is 60.6 Å². The number of ether oxygens (including phenoxy) is 1. The maximum atomic E-state index is 13.5. The van der Waals surface area contributed by atoms with E-state index < -0.39 is 0 Å². The van der Waals surface area contributed by atoms with Crippen LogP contribution in [0, 0.1) is 0 Å². The summed E-state index contributed by atoms with van der Waals surface area (Å²) in [5.41, 5.74) is 5.19. The average Bonchev–Trinajstić information content (AvgIpc) is 2.93. The van der Waals surface area contributed by atoms with Gasteiger partial charge in [-0.2, -0.15) is 0 Å². The van der Waals surface area contributed by atoms with Crippen LogP contribution in [-0.2, 0) is 17.7 Å². The number of amides is 2. The van der Waals surface area contributed by atoms with Crippen LogP contribution >= 0.6 is 15.9 Å².